The SMILES string of the molecule is Cc1cc(OCCn2c(-c3ccc(Cl)cc3)nc3ccccc3c2=O)ccc1Cl. The van der Waals surface area contributed by atoms with Gasteiger partial charge in [0, 0.05) is 15.6 Å². The Balaban J connectivity index is 1.70. The van der Waals surface area contributed by atoms with E-state index in [0.29, 0.717) is 45.7 Å². The molecule has 0 saturated carbocycles. The minimum Gasteiger partial charge on any atom is -0.492 e. The van der Waals surface area contributed by atoms with Crippen molar-refractivity contribution < 1.29 is 4.74 Å². The molecule has 0 amide bonds. The molecule has 3 aromatic carbocycles. The fourth-order valence-electron chi connectivity index (χ4n) is 3.16. The Kier molecular flexibility index (Phi) is 5.56. The fraction of sp³-hybridized carbons (Fsp3) is 0.130. The van der Waals surface area contributed by atoms with Crippen LogP contribution in [0.1, 0.15) is 5.56 Å². The summed E-state index contributed by atoms with van der Waals surface area (Å²) in [6.45, 7) is 2.60. The average molecular weight is 425 g/mol. The van der Waals surface area contributed by atoms with E-state index in [1.807, 2.05) is 49.4 Å². The first-order chi connectivity index (χ1) is 14.0. The summed E-state index contributed by atoms with van der Waals surface area (Å²) in [6.07, 6.45) is 0. The molecule has 0 unspecified atom stereocenters. The van der Waals surface area contributed by atoms with Crippen LogP contribution >= 0.6 is 23.2 Å². The molecule has 29 heavy (non-hydrogen) atoms. The quantitative estimate of drug-likeness (QED) is 0.409. The van der Waals surface area contributed by atoms with E-state index in [4.69, 9.17) is 32.9 Å². The number of hydrogen-bond acceptors (Lipinski definition) is 3. The predicted octanol–water partition coefficient (Wildman–Crippen LogP) is 5.76. The van der Waals surface area contributed by atoms with Gasteiger partial charge in [-0.25, -0.2) is 4.98 Å². The summed E-state index contributed by atoms with van der Waals surface area (Å²) >= 11 is 12.1. The summed E-state index contributed by atoms with van der Waals surface area (Å²) in [5.41, 5.74) is 2.32. The van der Waals surface area contributed by atoms with Gasteiger partial charge in [-0.05, 0) is 67.1 Å². The molecule has 6 heteroatoms. The van der Waals surface area contributed by atoms with Crippen molar-refractivity contribution in [1.82, 2.24) is 9.55 Å². The molecule has 0 saturated heterocycles. The normalized spacial score (nSPS) is 11.0. The van der Waals surface area contributed by atoms with Gasteiger partial charge in [-0.2, -0.15) is 0 Å². The second-order valence-corrected chi connectivity index (χ2v) is 7.52. The smallest absolute Gasteiger partial charge is 0.261 e. The van der Waals surface area contributed by atoms with Gasteiger partial charge in [-0.3, -0.25) is 9.36 Å². The largest absolute Gasteiger partial charge is 0.492 e. The topological polar surface area (TPSA) is 44.1 Å². The minimum atomic E-state index is -0.101. The van der Waals surface area contributed by atoms with Crippen molar-refractivity contribution >= 4 is 34.1 Å². The molecule has 1 heterocycles. The number of para-hydroxylation sites is 1. The molecule has 1 aromatic heterocycles. The van der Waals surface area contributed by atoms with Crippen LogP contribution in [-0.4, -0.2) is 16.2 Å². The van der Waals surface area contributed by atoms with Crippen LogP contribution in [0.2, 0.25) is 10.0 Å². The second-order valence-electron chi connectivity index (χ2n) is 6.68. The Bertz CT molecular complexity index is 1230. The Labute approximate surface area is 178 Å². The molecule has 0 aliphatic heterocycles. The third kappa shape index (κ3) is 4.14. The Morgan fingerprint density at radius 2 is 1.76 bits per heavy atom. The standard InChI is InChI=1S/C23H18Cl2N2O2/c1-15-14-18(10-11-20(15)25)29-13-12-27-22(16-6-8-17(24)9-7-16)26-21-5-3-2-4-19(21)23(27)28/h2-11,14H,12-13H2,1H3. The van der Waals surface area contributed by atoms with E-state index >= 15 is 0 Å². The number of nitrogens with zero attached hydrogens (tertiary/aromatic N) is 2. The van der Waals surface area contributed by atoms with Gasteiger partial charge >= 0.3 is 0 Å². The molecular weight excluding hydrogens is 407 g/mol. The molecule has 4 nitrogen and oxygen atoms in total. The molecule has 0 N–H and O–H groups in total. The number of ether oxygens (including phenoxy) is 1. The molecule has 0 spiro atoms. The van der Waals surface area contributed by atoms with Gasteiger partial charge in [0.2, 0.25) is 0 Å². The van der Waals surface area contributed by atoms with E-state index in [0.717, 1.165) is 11.1 Å². The molecule has 0 aliphatic carbocycles. The van der Waals surface area contributed by atoms with Crippen LogP contribution in [0.25, 0.3) is 22.3 Å². The zero-order valence-electron chi connectivity index (χ0n) is 15.7. The number of fused-ring (bicyclic) bond motifs is 1. The highest BCUT2D eigenvalue weighted by atomic mass is 35.5. The molecule has 0 radical (unpaired) electrons. The number of rotatable bonds is 5. The van der Waals surface area contributed by atoms with Crippen LogP contribution in [0.4, 0.5) is 0 Å². The Hall–Kier alpha value is -2.82. The van der Waals surface area contributed by atoms with E-state index in [9.17, 15) is 4.79 Å². The van der Waals surface area contributed by atoms with Crippen LogP contribution < -0.4 is 10.3 Å². The third-order valence-electron chi connectivity index (χ3n) is 4.68. The maximum absolute atomic E-state index is 13.2. The molecule has 146 valence electrons. The van der Waals surface area contributed by atoms with Crippen molar-refractivity contribution in [1.29, 1.82) is 0 Å². The van der Waals surface area contributed by atoms with Crippen molar-refractivity contribution in [3.05, 3.63) is 92.7 Å². The first-order valence-electron chi connectivity index (χ1n) is 9.17. The summed E-state index contributed by atoms with van der Waals surface area (Å²) in [6, 6.07) is 20.1. The lowest BCUT2D eigenvalue weighted by Gasteiger charge is -2.15. The zero-order valence-corrected chi connectivity index (χ0v) is 17.2. The third-order valence-corrected chi connectivity index (χ3v) is 5.35. The molecule has 4 rings (SSSR count). The number of benzene rings is 3. The highest BCUT2D eigenvalue weighted by Crippen LogP contribution is 2.23. The lowest BCUT2D eigenvalue weighted by molar-refractivity contribution is 0.297. The first-order valence-corrected chi connectivity index (χ1v) is 9.93. The Morgan fingerprint density at radius 3 is 2.52 bits per heavy atom. The van der Waals surface area contributed by atoms with Crippen molar-refractivity contribution in [2.75, 3.05) is 6.61 Å². The van der Waals surface area contributed by atoms with Crippen LogP contribution in [0.3, 0.4) is 0 Å². The summed E-state index contributed by atoms with van der Waals surface area (Å²) in [7, 11) is 0. The van der Waals surface area contributed by atoms with Gasteiger partial charge in [0.15, 0.2) is 0 Å². The second kappa shape index (κ2) is 8.27. The summed E-state index contributed by atoms with van der Waals surface area (Å²) in [5, 5.41) is 1.90. The van der Waals surface area contributed by atoms with Crippen LogP contribution in [0.15, 0.2) is 71.5 Å². The summed E-state index contributed by atoms with van der Waals surface area (Å²) in [5.74, 6) is 1.29. The Morgan fingerprint density at radius 1 is 1.00 bits per heavy atom. The highest BCUT2D eigenvalue weighted by molar-refractivity contribution is 6.31. The van der Waals surface area contributed by atoms with E-state index in [-0.39, 0.29) is 5.56 Å². The monoisotopic (exact) mass is 424 g/mol. The number of hydrogen-bond donors (Lipinski definition) is 0. The van der Waals surface area contributed by atoms with E-state index in [1.165, 1.54) is 0 Å². The summed E-state index contributed by atoms with van der Waals surface area (Å²) in [4.78, 5) is 17.9. The lowest BCUT2D eigenvalue weighted by Crippen LogP contribution is -2.26. The zero-order chi connectivity index (χ0) is 20.4. The number of aryl methyl sites for hydroxylation is 1. The average Bonchev–Trinajstić information content (AvgIpc) is 2.73. The number of halogens is 2. The number of aromatic nitrogens is 2. The van der Waals surface area contributed by atoms with Gasteiger partial charge in [-0.15, -0.1) is 0 Å². The van der Waals surface area contributed by atoms with E-state index in [2.05, 4.69) is 0 Å². The van der Waals surface area contributed by atoms with Crippen molar-refractivity contribution in [3.8, 4) is 17.1 Å². The van der Waals surface area contributed by atoms with Gasteiger partial charge in [-0.1, -0.05) is 35.3 Å². The molecule has 0 atom stereocenters. The van der Waals surface area contributed by atoms with E-state index < -0.39 is 0 Å². The predicted molar refractivity (Wildman–Crippen MR) is 118 cm³/mol. The molecule has 0 fully saturated rings. The lowest BCUT2D eigenvalue weighted by atomic mass is 10.2. The fourth-order valence-corrected chi connectivity index (χ4v) is 3.40. The maximum atomic E-state index is 13.2. The maximum Gasteiger partial charge on any atom is 0.261 e. The van der Waals surface area contributed by atoms with Crippen LogP contribution in [0, 0.1) is 6.92 Å². The summed E-state index contributed by atoms with van der Waals surface area (Å²) < 4.78 is 7.50. The van der Waals surface area contributed by atoms with Crippen molar-refractivity contribution in [3.63, 3.8) is 0 Å². The van der Waals surface area contributed by atoms with Crippen LogP contribution in [0.5, 0.6) is 5.75 Å². The molecule has 0 bridgehead atoms. The van der Waals surface area contributed by atoms with E-state index in [1.54, 1.807) is 28.8 Å². The van der Waals surface area contributed by atoms with Crippen molar-refractivity contribution in [2.24, 2.45) is 0 Å². The first kappa shape index (κ1) is 19.5. The molecule has 0 aliphatic rings. The van der Waals surface area contributed by atoms with Gasteiger partial charge in [0.1, 0.15) is 18.2 Å². The minimum absolute atomic E-state index is 0.101. The highest BCUT2D eigenvalue weighted by Gasteiger charge is 2.13. The van der Waals surface area contributed by atoms with Crippen molar-refractivity contribution in [2.45, 2.75) is 13.5 Å². The van der Waals surface area contributed by atoms with Crippen LogP contribution in [-0.2, 0) is 6.54 Å². The van der Waals surface area contributed by atoms with Gasteiger partial charge in [0.25, 0.3) is 5.56 Å². The van der Waals surface area contributed by atoms with Gasteiger partial charge < -0.3 is 4.74 Å². The van der Waals surface area contributed by atoms with Gasteiger partial charge in [0.05, 0.1) is 17.4 Å². The molecule has 4 aromatic rings. The molecular formula is C23H18Cl2N2O2.